The molecule has 1 amide bonds. The highest BCUT2D eigenvalue weighted by Crippen LogP contribution is 2.23. The summed E-state index contributed by atoms with van der Waals surface area (Å²) >= 11 is 3.44. The SMILES string of the molecule is NCc1ccc(C(=O)Nc2ccc3cc(Br)ccc3c2)o1. The van der Waals surface area contributed by atoms with Crippen LogP contribution in [0.2, 0.25) is 0 Å². The molecule has 0 unspecified atom stereocenters. The topological polar surface area (TPSA) is 68.3 Å². The molecule has 106 valence electrons. The maximum Gasteiger partial charge on any atom is 0.291 e. The Hall–Kier alpha value is -2.11. The van der Waals surface area contributed by atoms with E-state index in [0.717, 1.165) is 20.9 Å². The van der Waals surface area contributed by atoms with Crippen LogP contribution in [0.15, 0.2) is 57.4 Å². The van der Waals surface area contributed by atoms with E-state index in [1.54, 1.807) is 12.1 Å². The largest absolute Gasteiger partial charge is 0.455 e. The average Bonchev–Trinajstić information content (AvgIpc) is 2.96. The zero-order valence-corrected chi connectivity index (χ0v) is 12.7. The van der Waals surface area contributed by atoms with Crippen LogP contribution in [-0.4, -0.2) is 5.91 Å². The van der Waals surface area contributed by atoms with Gasteiger partial charge in [-0.25, -0.2) is 0 Å². The molecular weight excluding hydrogens is 332 g/mol. The first-order valence-corrected chi connectivity index (χ1v) is 7.24. The maximum absolute atomic E-state index is 12.1. The van der Waals surface area contributed by atoms with E-state index in [1.165, 1.54) is 0 Å². The fourth-order valence-electron chi connectivity index (χ4n) is 2.10. The molecule has 2 aromatic carbocycles. The molecule has 0 aliphatic rings. The Morgan fingerprint density at radius 1 is 1.10 bits per heavy atom. The van der Waals surface area contributed by atoms with Crippen LogP contribution in [0, 0.1) is 0 Å². The van der Waals surface area contributed by atoms with E-state index in [2.05, 4.69) is 21.2 Å². The van der Waals surface area contributed by atoms with Crippen LogP contribution in [0.1, 0.15) is 16.3 Å². The molecule has 0 radical (unpaired) electrons. The predicted octanol–water partition coefficient (Wildman–Crippen LogP) is 3.91. The third kappa shape index (κ3) is 2.99. The van der Waals surface area contributed by atoms with Gasteiger partial charge in [-0.1, -0.05) is 28.1 Å². The Morgan fingerprint density at radius 3 is 2.62 bits per heavy atom. The molecule has 0 bridgehead atoms. The smallest absolute Gasteiger partial charge is 0.291 e. The Balaban J connectivity index is 1.84. The minimum atomic E-state index is -0.286. The van der Waals surface area contributed by atoms with Gasteiger partial charge in [-0.3, -0.25) is 4.79 Å². The molecule has 0 saturated heterocycles. The number of furan rings is 1. The third-order valence-electron chi connectivity index (χ3n) is 3.15. The highest BCUT2D eigenvalue weighted by molar-refractivity contribution is 9.10. The number of rotatable bonds is 3. The van der Waals surface area contributed by atoms with Crippen molar-refractivity contribution in [3.05, 3.63) is 64.5 Å². The van der Waals surface area contributed by atoms with Crippen molar-refractivity contribution in [2.75, 3.05) is 5.32 Å². The number of nitrogens with two attached hydrogens (primary N) is 1. The lowest BCUT2D eigenvalue weighted by atomic mass is 10.1. The minimum Gasteiger partial charge on any atom is -0.455 e. The van der Waals surface area contributed by atoms with Crippen molar-refractivity contribution in [1.29, 1.82) is 0 Å². The second-order valence-corrected chi connectivity index (χ2v) is 5.55. The summed E-state index contributed by atoms with van der Waals surface area (Å²) in [6.45, 7) is 0.276. The Labute approximate surface area is 130 Å². The molecule has 21 heavy (non-hydrogen) atoms. The van der Waals surface area contributed by atoms with Crippen LogP contribution in [0.5, 0.6) is 0 Å². The van der Waals surface area contributed by atoms with Gasteiger partial charge in [-0.2, -0.15) is 0 Å². The average molecular weight is 345 g/mol. The summed E-state index contributed by atoms with van der Waals surface area (Å²) in [5, 5.41) is 4.97. The van der Waals surface area contributed by atoms with E-state index in [4.69, 9.17) is 10.2 Å². The fourth-order valence-corrected chi connectivity index (χ4v) is 2.48. The molecule has 0 fully saturated rings. The number of hydrogen-bond donors (Lipinski definition) is 2. The van der Waals surface area contributed by atoms with E-state index in [1.807, 2.05) is 36.4 Å². The zero-order valence-electron chi connectivity index (χ0n) is 11.1. The van der Waals surface area contributed by atoms with Gasteiger partial charge in [0.25, 0.3) is 5.91 Å². The molecule has 4 nitrogen and oxygen atoms in total. The molecule has 5 heteroatoms. The monoisotopic (exact) mass is 344 g/mol. The second kappa shape index (κ2) is 5.71. The van der Waals surface area contributed by atoms with Crippen molar-refractivity contribution in [1.82, 2.24) is 0 Å². The molecule has 0 spiro atoms. The van der Waals surface area contributed by atoms with Gasteiger partial charge in [-0.05, 0) is 47.2 Å². The maximum atomic E-state index is 12.1. The van der Waals surface area contributed by atoms with Crippen LogP contribution >= 0.6 is 15.9 Å². The molecular formula is C16H13BrN2O2. The fraction of sp³-hybridized carbons (Fsp3) is 0.0625. The van der Waals surface area contributed by atoms with Crippen LogP contribution < -0.4 is 11.1 Å². The highest BCUT2D eigenvalue weighted by Gasteiger charge is 2.11. The lowest BCUT2D eigenvalue weighted by Gasteiger charge is -2.05. The predicted molar refractivity (Wildman–Crippen MR) is 86.2 cm³/mol. The molecule has 1 heterocycles. The molecule has 1 aromatic heterocycles. The highest BCUT2D eigenvalue weighted by atomic mass is 79.9. The normalized spacial score (nSPS) is 10.8. The summed E-state index contributed by atoms with van der Waals surface area (Å²) in [7, 11) is 0. The summed E-state index contributed by atoms with van der Waals surface area (Å²) in [5.74, 6) is 0.557. The van der Waals surface area contributed by atoms with Crippen LogP contribution in [0.3, 0.4) is 0 Å². The first-order chi connectivity index (χ1) is 10.2. The molecule has 3 rings (SSSR count). The van der Waals surface area contributed by atoms with Crippen molar-refractivity contribution < 1.29 is 9.21 Å². The molecule has 0 atom stereocenters. The quantitative estimate of drug-likeness (QED) is 0.756. The number of hydrogen-bond acceptors (Lipinski definition) is 3. The number of carbonyl (C=O) groups is 1. The second-order valence-electron chi connectivity index (χ2n) is 4.63. The number of anilines is 1. The van der Waals surface area contributed by atoms with Gasteiger partial charge in [0, 0.05) is 10.2 Å². The first-order valence-electron chi connectivity index (χ1n) is 6.45. The van der Waals surface area contributed by atoms with Crippen molar-refractivity contribution in [3.63, 3.8) is 0 Å². The number of nitrogens with one attached hydrogen (secondary N) is 1. The van der Waals surface area contributed by atoms with Crippen molar-refractivity contribution in [2.24, 2.45) is 5.73 Å². The Kier molecular flexibility index (Phi) is 3.77. The van der Waals surface area contributed by atoms with Crippen molar-refractivity contribution in [3.8, 4) is 0 Å². The summed E-state index contributed by atoms with van der Waals surface area (Å²) in [4.78, 5) is 12.1. The number of benzene rings is 2. The molecule has 0 saturated carbocycles. The number of halogens is 1. The van der Waals surface area contributed by atoms with E-state index >= 15 is 0 Å². The van der Waals surface area contributed by atoms with E-state index < -0.39 is 0 Å². The minimum absolute atomic E-state index is 0.256. The van der Waals surface area contributed by atoms with Crippen molar-refractivity contribution in [2.45, 2.75) is 6.54 Å². The number of fused-ring (bicyclic) bond motifs is 1. The summed E-state index contributed by atoms with van der Waals surface area (Å²) in [6.07, 6.45) is 0. The van der Waals surface area contributed by atoms with Gasteiger partial charge in [0.1, 0.15) is 5.76 Å². The Bertz CT molecular complexity index is 811. The van der Waals surface area contributed by atoms with Gasteiger partial charge in [0.2, 0.25) is 0 Å². The number of carbonyl (C=O) groups excluding carboxylic acids is 1. The van der Waals surface area contributed by atoms with Crippen LogP contribution in [0.25, 0.3) is 10.8 Å². The lowest BCUT2D eigenvalue weighted by molar-refractivity contribution is 0.0995. The van der Waals surface area contributed by atoms with Crippen molar-refractivity contribution >= 4 is 38.3 Å². The van der Waals surface area contributed by atoms with Gasteiger partial charge < -0.3 is 15.5 Å². The molecule has 3 aromatic rings. The zero-order chi connectivity index (χ0) is 14.8. The molecule has 3 N–H and O–H groups in total. The van der Waals surface area contributed by atoms with Gasteiger partial charge in [0.15, 0.2) is 5.76 Å². The van der Waals surface area contributed by atoms with Gasteiger partial charge in [-0.15, -0.1) is 0 Å². The number of amides is 1. The summed E-state index contributed by atoms with van der Waals surface area (Å²) < 4.78 is 6.35. The third-order valence-corrected chi connectivity index (χ3v) is 3.64. The first kappa shape index (κ1) is 13.9. The molecule has 0 aliphatic heterocycles. The van der Waals surface area contributed by atoms with Crippen LogP contribution in [-0.2, 0) is 6.54 Å². The summed E-state index contributed by atoms with van der Waals surface area (Å²) in [5.41, 5.74) is 6.18. The Morgan fingerprint density at radius 2 is 1.86 bits per heavy atom. The van der Waals surface area contributed by atoms with E-state index in [0.29, 0.717) is 5.76 Å². The standard InChI is InChI=1S/C16H13BrN2O2/c17-12-3-1-11-8-13(4-2-10(11)7-12)19-16(20)15-6-5-14(9-18)21-15/h1-8H,9,18H2,(H,19,20). The molecule has 0 aliphatic carbocycles. The van der Waals surface area contributed by atoms with Crippen LogP contribution in [0.4, 0.5) is 5.69 Å². The summed E-state index contributed by atoms with van der Waals surface area (Å²) in [6, 6.07) is 15.1. The van der Waals surface area contributed by atoms with Gasteiger partial charge in [0.05, 0.1) is 6.54 Å². The lowest BCUT2D eigenvalue weighted by Crippen LogP contribution is -2.10. The van der Waals surface area contributed by atoms with E-state index in [9.17, 15) is 4.79 Å². The van der Waals surface area contributed by atoms with Gasteiger partial charge >= 0.3 is 0 Å². The van der Waals surface area contributed by atoms with E-state index in [-0.39, 0.29) is 18.2 Å².